The van der Waals surface area contributed by atoms with Crippen LogP contribution in [0.4, 0.5) is 18.9 Å². The highest BCUT2D eigenvalue weighted by Crippen LogP contribution is 2.47. The Morgan fingerprint density at radius 1 is 1.44 bits per heavy atom. The van der Waals surface area contributed by atoms with Crippen molar-refractivity contribution in [3.05, 3.63) is 23.8 Å². The Hall–Kier alpha value is -1.76. The molecule has 18 heavy (non-hydrogen) atoms. The third kappa shape index (κ3) is 1.62. The summed E-state index contributed by atoms with van der Waals surface area (Å²) in [5, 5.41) is 11.6. The molecule has 1 unspecified atom stereocenters. The van der Waals surface area contributed by atoms with Gasteiger partial charge in [-0.25, -0.2) is 0 Å². The van der Waals surface area contributed by atoms with Gasteiger partial charge >= 0.3 is 6.18 Å². The van der Waals surface area contributed by atoms with Crippen LogP contribution < -0.4 is 10.1 Å². The number of hydrogen-bond donors (Lipinski definition) is 2. The molecule has 0 radical (unpaired) electrons. The van der Waals surface area contributed by atoms with Gasteiger partial charge in [-0.3, -0.25) is 4.79 Å². The molecule has 1 amide bonds. The SMILES string of the molecule is CCOc1ccc2c(c1)NC(=O)C2(O)C(F)(F)F. The molecule has 0 aliphatic carbocycles. The van der Waals surface area contributed by atoms with Crippen LogP contribution in [0.1, 0.15) is 12.5 Å². The minimum atomic E-state index is -5.07. The van der Waals surface area contributed by atoms with Gasteiger partial charge in [0.05, 0.1) is 12.3 Å². The van der Waals surface area contributed by atoms with Gasteiger partial charge in [0.15, 0.2) is 0 Å². The molecule has 1 aromatic carbocycles. The number of anilines is 1. The molecule has 0 bridgehead atoms. The fourth-order valence-electron chi connectivity index (χ4n) is 1.82. The predicted octanol–water partition coefficient (Wildman–Crippen LogP) is 1.79. The van der Waals surface area contributed by atoms with Crippen LogP contribution in [0.5, 0.6) is 5.75 Å². The van der Waals surface area contributed by atoms with Crippen molar-refractivity contribution < 1.29 is 27.8 Å². The third-order valence-corrected chi connectivity index (χ3v) is 2.68. The number of benzene rings is 1. The van der Waals surface area contributed by atoms with Crippen molar-refractivity contribution in [2.24, 2.45) is 0 Å². The molecule has 2 N–H and O–H groups in total. The maximum Gasteiger partial charge on any atom is 0.430 e. The molecule has 0 spiro atoms. The number of aliphatic hydroxyl groups is 1. The normalized spacial score (nSPS) is 22.6. The molecule has 0 fully saturated rings. The number of halogens is 3. The van der Waals surface area contributed by atoms with E-state index in [4.69, 9.17) is 4.74 Å². The Balaban J connectivity index is 2.51. The van der Waals surface area contributed by atoms with E-state index in [1.165, 1.54) is 12.1 Å². The van der Waals surface area contributed by atoms with Gasteiger partial charge in [0, 0.05) is 11.6 Å². The molecule has 1 aromatic rings. The van der Waals surface area contributed by atoms with E-state index in [2.05, 4.69) is 0 Å². The molecule has 0 aromatic heterocycles. The monoisotopic (exact) mass is 261 g/mol. The van der Waals surface area contributed by atoms with E-state index in [0.717, 1.165) is 6.07 Å². The van der Waals surface area contributed by atoms with E-state index < -0.39 is 23.2 Å². The van der Waals surface area contributed by atoms with Gasteiger partial charge in [-0.05, 0) is 19.1 Å². The largest absolute Gasteiger partial charge is 0.494 e. The van der Waals surface area contributed by atoms with Crippen LogP contribution in [0.25, 0.3) is 0 Å². The maximum absolute atomic E-state index is 12.8. The Morgan fingerprint density at radius 2 is 2.11 bits per heavy atom. The summed E-state index contributed by atoms with van der Waals surface area (Å²) < 4.78 is 43.4. The molecule has 2 rings (SSSR count). The zero-order valence-corrected chi connectivity index (χ0v) is 9.34. The van der Waals surface area contributed by atoms with Crippen LogP contribution in [0.2, 0.25) is 0 Å². The lowest BCUT2D eigenvalue weighted by Crippen LogP contribution is -2.47. The molecule has 4 nitrogen and oxygen atoms in total. The highest BCUT2D eigenvalue weighted by Gasteiger charge is 2.64. The summed E-state index contributed by atoms with van der Waals surface area (Å²) in [4.78, 5) is 11.3. The molecule has 1 aliphatic rings. The van der Waals surface area contributed by atoms with E-state index in [-0.39, 0.29) is 5.69 Å². The second-order valence-corrected chi connectivity index (χ2v) is 3.80. The number of ether oxygens (including phenoxy) is 1. The van der Waals surface area contributed by atoms with Crippen molar-refractivity contribution in [2.75, 3.05) is 11.9 Å². The van der Waals surface area contributed by atoms with Crippen molar-refractivity contribution >= 4 is 11.6 Å². The number of rotatable bonds is 2. The van der Waals surface area contributed by atoms with E-state index in [0.29, 0.717) is 12.4 Å². The number of carbonyl (C=O) groups excluding carboxylic acids is 1. The lowest BCUT2D eigenvalue weighted by atomic mass is 9.95. The zero-order valence-electron chi connectivity index (χ0n) is 9.34. The molecule has 0 saturated heterocycles. The topological polar surface area (TPSA) is 58.6 Å². The average Bonchev–Trinajstić information content (AvgIpc) is 2.52. The third-order valence-electron chi connectivity index (χ3n) is 2.68. The molecular formula is C11H10F3NO3. The number of alkyl halides is 3. The lowest BCUT2D eigenvalue weighted by molar-refractivity contribution is -0.252. The standard InChI is InChI=1S/C11H10F3NO3/c1-2-18-6-3-4-7-8(5-6)15-9(16)10(7,17)11(12,13)14/h3-5,17H,2H2,1H3,(H,15,16). The summed E-state index contributed by atoms with van der Waals surface area (Å²) in [6, 6.07) is 3.56. The molecule has 1 aliphatic heterocycles. The molecule has 1 heterocycles. The average molecular weight is 261 g/mol. The van der Waals surface area contributed by atoms with E-state index in [9.17, 15) is 23.1 Å². The van der Waals surface area contributed by atoms with Gasteiger partial charge in [0.2, 0.25) is 0 Å². The Labute approximate surface area is 100 Å². The first-order valence-electron chi connectivity index (χ1n) is 5.18. The number of nitrogens with one attached hydrogen (secondary N) is 1. The second-order valence-electron chi connectivity index (χ2n) is 3.80. The van der Waals surface area contributed by atoms with Crippen molar-refractivity contribution in [3.8, 4) is 5.75 Å². The van der Waals surface area contributed by atoms with Crippen molar-refractivity contribution in [1.29, 1.82) is 0 Å². The van der Waals surface area contributed by atoms with Gasteiger partial charge in [-0.15, -0.1) is 0 Å². The second kappa shape index (κ2) is 3.88. The molecular weight excluding hydrogens is 251 g/mol. The number of carbonyl (C=O) groups is 1. The van der Waals surface area contributed by atoms with Crippen LogP contribution in [0, 0.1) is 0 Å². The zero-order chi connectivity index (χ0) is 13.6. The number of amides is 1. The summed E-state index contributed by atoms with van der Waals surface area (Å²) in [5.74, 6) is -1.18. The van der Waals surface area contributed by atoms with Crippen LogP contribution in [0.15, 0.2) is 18.2 Å². The minimum absolute atomic E-state index is 0.0919. The highest BCUT2D eigenvalue weighted by atomic mass is 19.4. The summed E-state index contributed by atoms with van der Waals surface area (Å²) in [5.41, 5.74) is -4.10. The number of fused-ring (bicyclic) bond motifs is 1. The van der Waals surface area contributed by atoms with Gasteiger partial charge in [0.1, 0.15) is 5.75 Å². The quantitative estimate of drug-likeness (QED) is 0.853. The molecule has 1 atom stereocenters. The van der Waals surface area contributed by atoms with E-state index in [1.807, 2.05) is 5.32 Å². The predicted molar refractivity (Wildman–Crippen MR) is 56.2 cm³/mol. The van der Waals surface area contributed by atoms with E-state index >= 15 is 0 Å². The fraction of sp³-hybridized carbons (Fsp3) is 0.364. The molecule has 0 saturated carbocycles. The van der Waals surface area contributed by atoms with Gasteiger partial charge in [-0.1, -0.05) is 0 Å². The first-order chi connectivity index (χ1) is 8.30. The minimum Gasteiger partial charge on any atom is -0.494 e. The van der Waals surface area contributed by atoms with Gasteiger partial charge < -0.3 is 15.2 Å². The lowest BCUT2D eigenvalue weighted by Gasteiger charge is -2.23. The van der Waals surface area contributed by atoms with Crippen LogP contribution in [0.3, 0.4) is 0 Å². The van der Waals surface area contributed by atoms with Crippen LogP contribution in [-0.4, -0.2) is 23.8 Å². The summed E-state index contributed by atoms with van der Waals surface area (Å²) in [7, 11) is 0. The first-order valence-corrected chi connectivity index (χ1v) is 5.18. The maximum atomic E-state index is 12.8. The van der Waals surface area contributed by atoms with Crippen molar-refractivity contribution in [3.63, 3.8) is 0 Å². The first kappa shape index (κ1) is 12.7. The highest BCUT2D eigenvalue weighted by molar-refractivity contribution is 6.05. The van der Waals surface area contributed by atoms with E-state index in [1.54, 1.807) is 6.92 Å². The number of hydrogen-bond acceptors (Lipinski definition) is 3. The smallest absolute Gasteiger partial charge is 0.430 e. The summed E-state index contributed by atoms with van der Waals surface area (Å²) >= 11 is 0. The Bertz CT molecular complexity index is 501. The van der Waals surface area contributed by atoms with Crippen LogP contribution >= 0.6 is 0 Å². The fourth-order valence-corrected chi connectivity index (χ4v) is 1.82. The van der Waals surface area contributed by atoms with Crippen LogP contribution in [-0.2, 0) is 10.4 Å². The van der Waals surface area contributed by atoms with Gasteiger partial charge in [0.25, 0.3) is 11.5 Å². The summed E-state index contributed by atoms with van der Waals surface area (Å²) in [6.45, 7) is 2.06. The summed E-state index contributed by atoms with van der Waals surface area (Å²) in [6.07, 6.45) is -5.07. The Kier molecular flexibility index (Phi) is 2.73. The van der Waals surface area contributed by atoms with Crippen molar-refractivity contribution in [2.45, 2.75) is 18.7 Å². The van der Waals surface area contributed by atoms with Gasteiger partial charge in [-0.2, -0.15) is 13.2 Å². The Morgan fingerprint density at radius 3 is 2.67 bits per heavy atom. The van der Waals surface area contributed by atoms with Crippen molar-refractivity contribution in [1.82, 2.24) is 0 Å². The molecule has 98 valence electrons. The molecule has 7 heteroatoms.